The molecule has 2 heterocycles. The second-order valence-corrected chi connectivity index (χ2v) is 8.67. The van der Waals surface area contributed by atoms with Crippen molar-refractivity contribution in [1.29, 1.82) is 0 Å². The Kier molecular flexibility index (Phi) is 6.71. The van der Waals surface area contributed by atoms with Gasteiger partial charge in [0.25, 0.3) is 0 Å². The minimum Gasteiger partial charge on any atom is -0.378 e. The molecule has 1 aromatic heterocycles. The van der Waals surface area contributed by atoms with Crippen LogP contribution in [0.1, 0.15) is 11.4 Å². The summed E-state index contributed by atoms with van der Waals surface area (Å²) >= 11 is 6.02. The highest BCUT2D eigenvalue weighted by Gasteiger charge is 2.16. The van der Waals surface area contributed by atoms with Gasteiger partial charge in [-0.05, 0) is 31.5 Å². The Morgan fingerprint density at radius 2 is 1.89 bits per heavy atom. The van der Waals surface area contributed by atoms with Crippen LogP contribution in [0.25, 0.3) is 0 Å². The number of nitrogens with zero attached hydrogens (tertiary/aromatic N) is 3. The summed E-state index contributed by atoms with van der Waals surface area (Å²) in [6, 6.07) is 6.55. The normalized spacial score (nSPS) is 14.9. The van der Waals surface area contributed by atoms with E-state index in [4.69, 9.17) is 16.3 Å². The lowest BCUT2D eigenvalue weighted by Gasteiger charge is -2.28. The summed E-state index contributed by atoms with van der Waals surface area (Å²) in [6.45, 7) is 7.18. The van der Waals surface area contributed by atoms with Gasteiger partial charge in [0, 0.05) is 37.3 Å². The van der Waals surface area contributed by atoms with Gasteiger partial charge in [-0.2, -0.15) is 0 Å². The predicted octanol–water partition coefficient (Wildman–Crippen LogP) is 1.97. The van der Waals surface area contributed by atoms with Crippen molar-refractivity contribution >= 4 is 33.3 Å². The maximum absolute atomic E-state index is 12.4. The fourth-order valence-electron chi connectivity index (χ4n) is 2.80. The molecule has 2 aromatic rings. The van der Waals surface area contributed by atoms with Gasteiger partial charge < -0.3 is 15.0 Å². The lowest BCUT2D eigenvalue weighted by Crippen LogP contribution is -2.37. The van der Waals surface area contributed by atoms with Gasteiger partial charge in [0.15, 0.2) is 0 Å². The summed E-state index contributed by atoms with van der Waals surface area (Å²) in [5.41, 5.74) is 0.831. The van der Waals surface area contributed by atoms with E-state index in [1.165, 1.54) is 6.07 Å². The molecule has 0 radical (unpaired) electrons. The maximum atomic E-state index is 12.4. The number of anilines is 2. The number of rotatable bonds is 7. The topological polar surface area (TPSA) is 96.5 Å². The van der Waals surface area contributed by atoms with E-state index in [0.717, 1.165) is 24.5 Å². The van der Waals surface area contributed by atoms with Crippen LogP contribution in [0.15, 0.2) is 29.2 Å². The van der Waals surface area contributed by atoms with Gasteiger partial charge in [-0.15, -0.1) is 0 Å². The number of aromatic nitrogens is 2. The first-order valence-corrected chi connectivity index (χ1v) is 10.9. The summed E-state index contributed by atoms with van der Waals surface area (Å²) in [5.74, 6) is 2.15. The van der Waals surface area contributed by atoms with E-state index in [0.29, 0.717) is 36.4 Å². The van der Waals surface area contributed by atoms with Gasteiger partial charge in [0.05, 0.1) is 18.1 Å². The molecule has 0 aliphatic carbocycles. The van der Waals surface area contributed by atoms with Crippen molar-refractivity contribution in [2.24, 2.45) is 0 Å². The van der Waals surface area contributed by atoms with E-state index in [2.05, 4.69) is 24.9 Å². The summed E-state index contributed by atoms with van der Waals surface area (Å²) in [5, 5.41) is 3.57. The molecule has 28 heavy (non-hydrogen) atoms. The number of halogens is 1. The standard InChI is InChI=1S/C18H24ClN5O3S/c1-13-3-4-15(11-16(13)19)28(25,26)21-6-5-20-17-12-18(23-14(2)22-17)24-7-9-27-10-8-24/h3-4,11-12,21H,5-10H2,1-2H3,(H,20,22,23). The SMILES string of the molecule is Cc1nc(NCCNS(=O)(=O)c2ccc(C)c(Cl)c2)cc(N2CCOCC2)n1. The molecule has 10 heteroatoms. The zero-order valence-corrected chi connectivity index (χ0v) is 17.5. The molecule has 1 aromatic carbocycles. The molecule has 152 valence electrons. The van der Waals surface area contributed by atoms with E-state index in [-0.39, 0.29) is 11.4 Å². The van der Waals surface area contributed by atoms with Gasteiger partial charge in [-0.25, -0.2) is 23.1 Å². The molecule has 0 atom stereocenters. The van der Waals surface area contributed by atoms with Crippen molar-refractivity contribution in [2.45, 2.75) is 18.7 Å². The van der Waals surface area contributed by atoms with Crippen LogP contribution in [-0.2, 0) is 14.8 Å². The number of benzene rings is 1. The smallest absolute Gasteiger partial charge is 0.240 e. The average Bonchev–Trinajstić information content (AvgIpc) is 2.67. The largest absolute Gasteiger partial charge is 0.378 e. The Labute approximate surface area is 170 Å². The first-order valence-electron chi connectivity index (χ1n) is 9.03. The Bertz CT molecular complexity index is 933. The maximum Gasteiger partial charge on any atom is 0.240 e. The van der Waals surface area contributed by atoms with E-state index >= 15 is 0 Å². The zero-order valence-electron chi connectivity index (χ0n) is 15.9. The lowest BCUT2D eigenvalue weighted by atomic mass is 10.2. The number of nitrogens with one attached hydrogen (secondary N) is 2. The fraction of sp³-hybridized carbons (Fsp3) is 0.444. The van der Waals surface area contributed by atoms with Crippen LogP contribution in [0.2, 0.25) is 5.02 Å². The van der Waals surface area contributed by atoms with Crippen LogP contribution in [0.3, 0.4) is 0 Å². The molecular weight excluding hydrogens is 402 g/mol. The second kappa shape index (κ2) is 9.04. The minimum absolute atomic E-state index is 0.149. The highest BCUT2D eigenvalue weighted by Crippen LogP contribution is 2.20. The van der Waals surface area contributed by atoms with Gasteiger partial charge in [0.2, 0.25) is 10.0 Å². The molecule has 1 aliphatic rings. The summed E-state index contributed by atoms with van der Waals surface area (Å²) < 4.78 is 32.7. The van der Waals surface area contributed by atoms with Gasteiger partial charge >= 0.3 is 0 Å². The average molecular weight is 426 g/mol. The van der Waals surface area contributed by atoms with E-state index in [9.17, 15) is 8.42 Å². The summed E-state index contributed by atoms with van der Waals surface area (Å²) in [7, 11) is -3.62. The van der Waals surface area contributed by atoms with Crippen LogP contribution in [0, 0.1) is 13.8 Å². The van der Waals surface area contributed by atoms with Crippen LogP contribution < -0.4 is 14.9 Å². The molecule has 1 fully saturated rings. The minimum atomic E-state index is -3.62. The van der Waals surface area contributed by atoms with Crippen molar-refractivity contribution in [3.05, 3.63) is 40.7 Å². The highest BCUT2D eigenvalue weighted by atomic mass is 35.5. The lowest BCUT2D eigenvalue weighted by molar-refractivity contribution is 0.122. The molecule has 0 spiro atoms. The van der Waals surface area contributed by atoms with Crippen molar-refractivity contribution in [2.75, 3.05) is 49.6 Å². The Balaban J connectivity index is 1.57. The van der Waals surface area contributed by atoms with Gasteiger partial charge in [0.1, 0.15) is 17.5 Å². The van der Waals surface area contributed by atoms with Crippen molar-refractivity contribution in [3.63, 3.8) is 0 Å². The first kappa shape index (κ1) is 20.8. The number of sulfonamides is 1. The highest BCUT2D eigenvalue weighted by molar-refractivity contribution is 7.89. The monoisotopic (exact) mass is 425 g/mol. The molecular formula is C18H24ClN5O3S. The molecule has 0 bridgehead atoms. The molecule has 0 saturated carbocycles. The number of aryl methyl sites for hydroxylation is 2. The number of hydrogen-bond donors (Lipinski definition) is 2. The van der Waals surface area contributed by atoms with Gasteiger partial charge in [-0.3, -0.25) is 0 Å². The third kappa shape index (κ3) is 5.32. The second-order valence-electron chi connectivity index (χ2n) is 6.49. The molecule has 8 nitrogen and oxygen atoms in total. The molecule has 0 amide bonds. The van der Waals surface area contributed by atoms with Crippen LogP contribution >= 0.6 is 11.6 Å². The molecule has 1 saturated heterocycles. The van der Waals surface area contributed by atoms with Crippen molar-refractivity contribution in [1.82, 2.24) is 14.7 Å². The van der Waals surface area contributed by atoms with Crippen LogP contribution in [0.5, 0.6) is 0 Å². The Morgan fingerprint density at radius 1 is 1.14 bits per heavy atom. The molecule has 2 N–H and O–H groups in total. The molecule has 1 aliphatic heterocycles. The van der Waals surface area contributed by atoms with Crippen molar-refractivity contribution < 1.29 is 13.2 Å². The number of ether oxygens (including phenoxy) is 1. The third-order valence-corrected chi connectivity index (χ3v) is 6.20. The molecule has 3 rings (SSSR count). The first-order chi connectivity index (χ1) is 13.3. The van der Waals surface area contributed by atoms with Crippen molar-refractivity contribution in [3.8, 4) is 0 Å². The fourth-order valence-corrected chi connectivity index (χ4v) is 4.10. The Morgan fingerprint density at radius 3 is 2.61 bits per heavy atom. The van der Waals surface area contributed by atoms with Crippen LogP contribution in [-0.4, -0.2) is 57.8 Å². The summed E-state index contributed by atoms with van der Waals surface area (Å²) in [4.78, 5) is 11.1. The van der Waals surface area contributed by atoms with E-state index in [1.54, 1.807) is 12.1 Å². The van der Waals surface area contributed by atoms with E-state index in [1.807, 2.05) is 19.9 Å². The number of morpholine rings is 1. The van der Waals surface area contributed by atoms with Crippen LogP contribution in [0.4, 0.5) is 11.6 Å². The number of hydrogen-bond acceptors (Lipinski definition) is 7. The quantitative estimate of drug-likeness (QED) is 0.654. The third-order valence-electron chi connectivity index (χ3n) is 4.34. The van der Waals surface area contributed by atoms with E-state index < -0.39 is 10.0 Å². The molecule has 0 unspecified atom stereocenters. The Hall–Kier alpha value is -1.94. The summed E-state index contributed by atoms with van der Waals surface area (Å²) in [6.07, 6.45) is 0. The van der Waals surface area contributed by atoms with Gasteiger partial charge in [-0.1, -0.05) is 17.7 Å². The predicted molar refractivity (Wildman–Crippen MR) is 110 cm³/mol. The zero-order chi connectivity index (χ0) is 20.1.